The number of rotatable bonds is 4. The van der Waals surface area contributed by atoms with Crippen molar-refractivity contribution in [2.75, 3.05) is 5.75 Å². The van der Waals surface area contributed by atoms with E-state index in [0.717, 1.165) is 25.0 Å². The van der Waals surface area contributed by atoms with E-state index in [0.29, 0.717) is 5.92 Å². The highest BCUT2D eigenvalue weighted by Gasteiger charge is 2.32. The molecule has 0 heterocycles. The van der Waals surface area contributed by atoms with Crippen LogP contribution >= 0.6 is 0 Å². The van der Waals surface area contributed by atoms with Crippen molar-refractivity contribution in [2.45, 2.75) is 30.0 Å². The van der Waals surface area contributed by atoms with Crippen LogP contribution in [-0.4, -0.2) is 16.0 Å². The van der Waals surface area contributed by atoms with Crippen LogP contribution in [0.3, 0.4) is 0 Å². The highest BCUT2D eigenvalue weighted by Crippen LogP contribution is 2.33. The minimum absolute atomic E-state index is 0.180. The number of hydrogen-bond acceptors (Lipinski definition) is 2. The van der Waals surface area contributed by atoms with E-state index < -0.39 is 22.5 Å². The molecule has 1 aromatic rings. The zero-order valence-electron chi connectivity index (χ0n) is 9.61. The molecule has 1 saturated carbocycles. The van der Waals surface area contributed by atoms with Crippen LogP contribution in [-0.2, 0) is 17.0 Å². The van der Waals surface area contributed by atoms with Gasteiger partial charge in [0.25, 0.3) is 0 Å². The zero-order chi connectivity index (χ0) is 13.3. The smallest absolute Gasteiger partial charge is 0.327 e. The number of halogens is 3. The van der Waals surface area contributed by atoms with Gasteiger partial charge in [-0.2, -0.15) is 13.2 Å². The first-order valence-electron chi connectivity index (χ1n) is 5.69. The van der Waals surface area contributed by atoms with Crippen LogP contribution in [0.1, 0.15) is 18.4 Å². The maximum absolute atomic E-state index is 12.5. The Labute approximate surface area is 106 Å². The quantitative estimate of drug-likeness (QED) is 0.919. The Hall–Kier alpha value is -0.880. The standard InChI is InChI=1S/C12H14F3NOS/c13-12(14,15)9-2-1-3-10(6-9)18(17)7-11(16)8-4-5-8/h1-3,6,8,11H,4-5,7,16H2. The zero-order valence-corrected chi connectivity index (χ0v) is 10.4. The molecule has 2 unspecified atom stereocenters. The monoisotopic (exact) mass is 277 g/mol. The lowest BCUT2D eigenvalue weighted by Gasteiger charge is -2.11. The van der Waals surface area contributed by atoms with E-state index >= 15 is 0 Å². The first-order chi connectivity index (χ1) is 8.38. The van der Waals surface area contributed by atoms with Crippen molar-refractivity contribution >= 4 is 10.8 Å². The molecule has 2 atom stereocenters. The topological polar surface area (TPSA) is 43.1 Å². The Kier molecular flexibility index (Phi) is 3.77. The van der Waals surface area contributed by atoms with Gasteiger partial charge in [-0.25, -0.2) is 0 Å². The van der Waals surface area contributed by atoms with E-state index in [9.17, 15) is 17.4 Å². The van der Waals surface area contributed by atoms with Crippen LogP contribution in [0.4, 0.5) is 13.2 Å². The summed E-state index contributed by atoms with van der Waals surface area (Å²) >= 11 is 0. The van der Waals surface area contributed by atoms with Gasteiger partial charge in [-0.15, -0.1) is 0 Å². The highest BCUT2D eigenvalue weighted by molar-refractivity contribution is 7.85. The largest absolute Gasteiger partial charge is 0.416 e. The summed E-state index contributed by atoms with van der Waals surface area (Å²) in [6.07, 6.45) is -2.35. The first kappa shape index (κ1) is 13.5. The summed E-state index contributed by atoms with van der Waals surface area (Å²) in [6, 6.07) is 4.46. The van der Waals surface area contributed by atoms with E-state index in [2.05, 4.69) is 0 Å². The summed E-state index contributed by atoms with van der Waals surface area (Å²) in [4.78, 5) is 0.195. The molecule has 6 heteroatoms. The lowest BCUT2D eigenvalue weighted by Crippen LogP contribution is -2.29. The number of nitrogens with two attached hydrogens (primary N) is 1. The molecule has 2 N–H and O–H groups in total. The van der Waals surface area contributed by atoms with Crippen molar-refractivity contribution < 1.29 is 17.4 Å². The van der Waals surface area contributed by atoms with Crippen molar-refractivity contribution in [3.05, 3.63) is 29.8 Å². The second-order valence-electron chi connectivity index (χ2n) is 4.54. The maximum Gasteiger partial charge on any atom is 0.416 e. The Bertz CT molecular complexity index is 457. The van der Waals surface area contributed by atoms with E-state index in [1.165, 1.54) is 12.1 Å². The van der Waals surface area contributed by atoms with Gasteiger partial charge in [-0.3, -0.25) is 4.21 Å². The fourth-order valence-corrected chi connectivity index (χ4v) is 3.05. The van der Waals surface area contributed by atoms with Crippen molar-refractivity contribution in [2.24, 2.45) is 11.7 Å². The van der Waals surface area contributed by atoms with Gasteiger partial charge < -0.3 is 5.73 Å². The molecule has 100 valence electrons. The normalized spacial score (nSPS) is 19.6. The lowest BCUT2D eigenvalue weighted by molar-refractivity contribution is -0.137. The fraction of sp³-hybridized carbons (Fsp3) is 0.500. The predicted octanol–water partition coefficient (Wildman–Crippen LogP) is 2.55. The second kappa shape index (κ2) is 5.01. The Morgan fingerprint density at radius 1 is 1.39 bits per heavy atom. The average Bonchev–Trinajstić information content (AvgIpc) is 3.11. The van der Waals surface area contributed by atoms with Gasteiger partial charge in [0.15, 0.2) is 0 Å². The van der Waals surface area contributed by atoms with Crippen molar-refractivity contribution in [1.29, 1.82) is 0 Å². The third kappa shape index (κ3) is 3.32. The molecule has 0 spiro atoms. The number of hydrogen-bond donors (Lipinski definition) is 1. The molecule has 0 aromatic heterocycles. The Balaban J connectivity index is 2.10. The molecule has 18 heavy (non-hydrogen) atoms. The third-order valence-corrected chi connectivity index (χ3v) is 4.46. The minimum Gasteiger partial charge on any atom is -0.327 e. The second-order valence-corrected chi connectivity index (χ2v) is 6.03. The molecule has 0 aliphatic heterocycles. The molecule has 0 amide bonds. The molecular formula is C12H14F3NOS. The maximum atomic E-state index is 12.5. The van der Waals surface area contributed by atoms with Gasteiger partial charge in [0.2, 0.25) is 0 Å². The molecule has 0 bridgehead atoms. The van der Waals surface area contributed by atoms with Gasteiger partial charge in [-0.05, 0) is 37.0 Å². The highest BCUT2D eigenvalue weighted by atomic mass is 32.2. The Morgan fingerprint density at radius 3 is 2.61 bits per heavy atom. The van der Waals surface area contributed by atoms with Crippen LogP contribution in [0.2, 0.25) is 0 Å². The average molecular weight is 277 g/mol. The number of alkyl halides is 3. The summed E-state index contributed by atoms with van der Waals surface area (Å²) in [5.41, 5.74) is 5.06. The lowest BCUT2D eigenvalue weighted by atomic mass is 10.2. The summed E-state index contributed by atoms with van der Waals surface area (Å²) in [5.74, 6) is 0.617. The first-order valence-corrected chi connectivity index (χ1v) is 7.01. The summed E-state index contributed by atoms with van der Waals surface area (Å²) < 4.78 is 49.5. The Morgan fingerprint density at radius 2 is 2.06 bits per heavy atom. The van der Waals surface area contributed by atoms with Gasteiger partial charge >= 0.3 is 6.18 Å². The SMILES string of the molecule is NC(CS(=O)c1cccc(C(F)(F)F)c1)C1CC1. The summed E-state index contributed by atoms with van der Waals surface area (Å²) in [6.45, 7) is 0. The number of benzene rings is 1. The minimum atomic E-state index is -4.40. The van der Waals surface area contributed by atoms with Crippen LogP contribution in [0.25, 0.3) is 0 Å². The summed E-state index contributed by atoms with van der Waals surface area (Å²) in [7, 11) is -1.46. The molecule has 1 aromatic carbocycles. The van der Waals surface area contributed by atoms with E-state index in [4.69, 9.17) is 5.73 Å². The van der Waals surface area contributed by atoms with Crippen LogP contribution in [0.15, 0.2) is 29.2 Å². The predicted molar refractivity (Wildman–Crippen MR) is 63.4 cm³/mol. The van der Waals surface area contributed by atoms with Crippen molar-refractivity contribution in [3.63, 3.8) is 0 Å². The van der Waals surface area contributed by atoms with Gasteiger partial charge in [0.05, 0.1) is 16.4 Å². The summed E-state index contributed by atoms with van der Waals surface area (Å²) in [5, 5.41) is 0. The molecule has 0 saturated heterocycles. The molecule has 0 radical (unpaired) electrons. The molecule has 1 aliphatic rings. The molecule has 2 nitrogen and oxygen atoms in total. The van der Waals surface area contributed by atoms with Crippen molar-refractivity contribution in [1.82, 2.24) is 0 Å². The molecule has 1 fully saturated rings. The molecule has 1 aliphatic carbocycles. The van der Waals surface area contributed by atoms with E-state index in [1.807, 2.05) is 0 Å². The van der Waals surface area contributed by atoms with Crippen LogP contribution < -0.4 is 5.73 Å². The fourth-order valence-electron chi connectivity index (χ4n) is 1.75. The van der Waals surface area contributed by atoms with Gasteiger partial charge in [-0.1, -0.05) is 6.07 Å². The van der Waals surface area contributed by atoms with Gasteiger partial charge in [0.1, 0.15) is 0 Å². The van der Waals surface area contributed by atoms with Crippen LogP contribution in [0, 0.1) is 5.92 Å². The van der Waals surface area contributed by atoms with Gasteiger partial charge in [0, 0.05) is 16.7 Å². The van der Waals surface area contributed by atoms with E-state index in [-0.39, 0.29) is 16.7 Å². The molecule has 2 rings (SSSR count). The van der Waals surface area contributed by atoms with Crippen molar-refractivity contribution in [3.8, 4) is 0 Å². The van der Waals surface area contributed by atoms with E-state index in [1.54, 1.807) is 0 Å². The third-order valence-electron chi connectivity index (χ3n) is 3.00. The van der Waals surface area contributed by atoms with Crippen LogP contribution in [0.5, 0.6) is 0 Å². The molecular weight excluding hydrogens is 263 g/mol.